The maximum Gasteiger partial charge on any atom is 0.306 e. The summed E-state index contributed by atoms with van der Waals surface area (Å²) in [6, 6.07) is 0. The van der Waals surface area contributed by atoms with E-state index in [0.717, 1.165) is 34.6 Å². The van der Waals surface area contributed by atoms with Crippen molar-refractivity contribution in [2.75, 3.05) is 0 Å². The molecule has 0 aliphatic heterocycles. The number of hydrogen-bond acceptors (Lipinski definition) is 7. The molecular weight excluding hydrogens is 378 g/mol. The van der Waals surface area contributed by atoms with Gasteiger partial charge in [-0.15, -0.1) is 16.4 Å². The SMILES string of the molecule is CCC1CCc2c(sc3ncn4nc(CCn5cc([N+](=O)[O-])cn5)nc4c23)C1. The maximum absolute atomic E-state index is 10.8. The van der Waals surface area contributed by atoms with Crippen molar-refractivity contribution < 1.29 is 4.92 Å². The summed E-state index contributed by atoms with van der Waals surface area (Å²) in [4.78, 5) is 22.2. The largest absolute Gasteiger partial charge is 0.306 e. The highest BCUT2D eigenvalue weighted by atomic mass is 32.1. The van der Waals surface area contributed by atoms with Gasteiger partial charge in [-0.25, -0.2) is 14.5 Å². The molecule has 1 aliphatic rings. The molecule has 144 valence electrons. The molecule has 0 radical (unpaired) electrons. The van der Waals surface area contributed by atoms with E-state index in [9.17, 15) is 10.1 Å². The van der Waals surface area contributed by atoms with Crippen molar-refractivity contribution >= 4 is 32.9 Å². The van der Waals surface area contributed by atoms with Gasteiger partial charge < -0.3 is 0 Å². The van der Waals surface area contributed by atoms with Crippen LogP contribution in [0.4, 0.5) is 5.69 Å². The maximum atomic E-state index is 10.8. The molecule has 4 aromatic heterocycles. The van der Waals surface area contributed by atoms with Crippen LogP contribution < -0.4 is 0 Å². The van der Waals surface area contributed by atoms with E-state index in [1.54, 1.807) is 26.9 Å². The summed E-state index contributed by atoms with van der Waals surface area (Å²) in [5.41, 5.74) is 2.24. The fraction of sp³-hybridized carbons (Fsp3) is 0.444. The van der Waals surface area contributed by atoms with Crippen LogP contribution in [-0.4, -0.2) is 34.3 Å². The number of nitro groups is 1. The predicted octanol–water partition coefficient (Wildman–Crippen LogP) is 3.20. The molecular formula is C18H19N7O2S. The van der Waals surface area contributed by atoms with Gasteiger partial charge in [0.1, 0.15) is 23.6 Å². The van der Waals surface area contributed by atoms with Crippen molar-refractivity contribution in [1.29, 1.82) is 0 Å². The molecule has 0 aromatic carbocycles. The van der Waals surface area contributed by atoms with Gasteiger partial charge in [-0.2, -0.15) is 5.10 Å². The third-order valence-electron chi connectivity index (χ3n) is 5.50. The van der Waals surface area contributed by atoms with Crippen LogP contribution in [0, 0.1) is 16.0 Å². The van der Waals surface area contributed by atoms with Gasteiger partial charge in [0.15, 0.2) is 11.5 Å². The van der Waals surface area contributed by atoms with E-state index >= 15 is 0 Å². The fourth-order valence-corrected chi connectivity index (χ4v) is 5.22. The molecule has 1 unspecified atom stereocenters. The minimum absolute atomic E-state index is 0.0100. The highest BCUT2D eigenvalue weighted by Gasteiger charge is 2.24. The van der Waals surface area contributed by atoms with E-state index in [4.69, 9.17) is 4.98 Å². The lowest BCUT2D eigenvalue weighted by Gasteiger charge is -2.20. The summed E-state index contributed by atoms with van der Waals surface area (Å²) in [6.45, 7) is 2.75. The number of rotatable bonds is 5. The first kappa shape index (κ1) is 17.2. The van der Waals surface area contributed by atoms with Crippen LogP contribution in [0.25, 0.3) is 15.9 Å². The lowest BCUT2D eigenvalue weighted by molar-refractivity contribution is -0.385. The van der Waals surface area contributed by atoms with E-state index < -0.39 is 4.92 Å². The lowest BCUT2D eigenvalue weighted by Crippen LogP contribution is -2.11. The van der Waals surface area contributed by atoms with Gasteiger partial charge >= 0.3 is 5.69 Å². The van der Waals surface area contributed by atoms with E-state index in [2.05, 4.69) is 22.1 Å². The molecule has 4 heterocycles. The molecule has 0 fully saturated rings. The molecule has 10 heteroatoms. The van der Waals surface area contributed by atoms with E-state index in [1.807, 2.05) is 0 Å². The topological polar surface area (TPSA) is 104 Å². The standard InChI is InChI=1S/C18H19N7O2S/c1-2-11-3-4-13-14(7-11)28-18-16(13)17-21-15(22-24(17)10-19-18)5-6-23-9-12(8-20-23)25(26)27/h8-11H,2-7H2,1H3. The second-order valence-corrected chi connectivity index (χ2v) is 8.29. The predicted molar refractivity (Wildman–Crippen MR) is 105 cm³/mol. The van der Waals surface area contributed by atoms with Crippen LogP contribution in [0.2, 0.25) is 0 Å². The number of aromatic nitrogens is 6. The van der Waals surface area contributed by atoms with Crippen molar-refractivity contribution in [3.05, 3.63) is 45.1 Å². The molecule has 0 N–H and O–H groups in total. The summed E-state index contributed by atoms with van der Waals surface area (Å²) in [6.07, 6.45) is 9.61. The van der Waals surface area contributed by atoms with Crippen molar-refractivity contribution in [2.45, 2.75) is 45.6 Å². The first-order valence-electron chi connectivity index (χ1n) is 9.43. The average Bonchev–Trinajstić information content (AvgIpc) is 3.40. The van der Waals surface area contributed by atoms with Crippen LogP contribution >= 0.6 is 11.3 Å². The zero-order valence-electron chi connectivity index (χ0n) is 15.4. The van der Waals surface area contributed by atoms with Gasteiger partial charge in [0.05, 0.1) is 10.3 Å². The fourth-order valence-electron chi connectivity index (χ4n) is 3.93. The zero-order valence-corrected chi connectivity index (χ0v) is 16.2. The number of thiophene rings is 1. The number of fused-ring (bicyclic) bond motifs is 5. The quantitative estimate of drug-likeness (QED) is 0.378. The molecule has 28 heavy (non-hydrogen) atoms. The average molecular weight is 397 g/mol. The van der Waals surface area contributed by atoms with Gasteiger partial charge in [-0.1, -0.05) is 13.3 Å². The minimum atomic E-state index is -0.447. The first-order valence-corrected chi connectivity index (χ1v) is 10.3. The molecule has 9 nitrogen and oxygen atoms in total. The van der Waals surface area contributed by atoms with E-state index in [-0.39, 0.29) is 5.69 Å². The smallest absolute Gasteiger partial charge is 0.265 e. The van der Waals surface area contributed by atoms with Gasteiger partial charge in [0.25, 0.3) is 0 Å². The molecule has 0 bridgehead atoms. The molecule has 5 rings (SSSR count). The Bertz CT molecular complexity index is 1190. The molecule has 0 amide bonds. The van der Waals surface area contributed by atoms with Crippen molar-refractivity contribution in [2.24, 2.45) is 5.92 Å². The summed E-state index contributed by atoms with van der Waals surface area (Å²) in [5.74, 6) is 1.46. The zero-order chi connectivity index (χ0) is 19.3. The highest BCUT2D eigenvalue weighted by molar-refractivity contribution is 7.19. The monoisotopic (exact) mass is 397 g/mol. The number of hydrogen-bond donors (Lipinski definition) is 0. The van der Waals surface area contributed by atoms with E-state index in [1.165, 1.54) is 35.7 Å². The summed E-state index contributed by atoms with van der Waals surface area (Å²) in [7, 11) is 0. The molecule has 0 saturated heterocycles. The molecule has 0 spiro atoms. The highest BCUT2D eigenvalue weighted by Crippen LogP contribution is 2.39. The summed E-state index contributed by atoms with van der Waals surface area (Å²) >= 11 is 1.79. The Morgan fingerprint density at radius 2 is 2.32 bits per heavy atom. The summed E-state index contributed by atoms with van der Waals surface area (Å²) < 4.78 is 3.30. The Morgan fingerprint density at radius 3 is 3.11 bits per heavy atom. The Hall–Kier alpha value is -2.88. The molecule has 1 aliphatic carbocycles. The second kappa shape index (κ2) is 6.62. The summed E-state index contributed by atoms with van der Waals surface area (Å²) in [5, 5.41) is 20.5. The Labute approximate surface area is 164 Å². The number of nitrogens with zero attached hydrogens (tertiary/aromatic N) is 7. The molecule has 4 aromatic rings. The van der Waals surface area contributed by atoms with Crippen LogP contribution in [0.5, 0.6) is 0 Å². The first-order chi connectivity index (χ1) is 13.6. The van der Waals surface area contributed by atoms with Crippen LogP contribution in [0.3, 0.4) is 0 Å². The second-order valence-electron chi connectivity index (χ2n) is 7.21. The van der Waals surface area contributed by atoms with Gasteiger partial charge in [0.2, 0.25) is 0 Å². The van der Waals surface area contributed by atoms with Gasteiger partial charge in [-0.3, -0.25) is 14.8 Å². The van der Waals surface area contributed by atoms with E-state index in [0.29, 0.717) is 18.8 Å². The Kier molecular flexibility index (Phi) is 4.08. The molecule has 1 atom stereocenters. The lowest BCUT2D eigenvalue weighted by atomic mass is 9.86. The Balaban J connectivity index is 1.46. The third-order valence-corrected chi connectivity index (χ3v) is 6.67. The third kappa shape index (κ3) is 2.84. The van der Waals surface area contributed by atoms with Crippen LogP contribution in [0.15, 0.2) is 18.7 Å². The van der Waals surface area contributed by atoms with Crippen molar-refractivity contribution in [3.8, 4) is 0 Å². The molecule has 0 saturated carbocycles. The van der Waals surface area contributed by atoms with Crippen LogP contribution in [0.1, 0.15) is 36.0 Å². The van der Waals surface area contributed by atoms with Gasteiger partial charge in [0, 0.05) is 17.8 Å². The Morgan fingerprint density at radius 1 is 1.43 bits per heavy atom. The van der Waals surface area contributed by atoms with Crippen molar-refractivity contribution in [1.82, 2.24) is 29.4 Å². The van der Waals surface area contributed by atoms with Crippen LogP contribution in [-0.2, 0) is 25.8 Å². The number of aryl methyl sites for hydroxylation is 3. The van der Waals surface area contributed by atoms with Gasteiger partial charge in [-0.05, 0) is 30.7 Å². The van der Waals surface area contributed by atoms with Crippen molar-refractivity contribution in [3.63, 3.8) is 0 Å². The minimum Gasteiger partial charge on any atom is -0.265 e. The normalized spacial score (nSPS) is 16.7.